The topological polar surface area (TPSA) is 95.3 Å². The third-order valence-corrected chi connectivity index (χ3v) is 1.06. The Balaban J connectivity index is 3.60. The van der Waals surface area contributed by atoms with E-state index in [1.54, 1.807) is 6.92 Å². The summed E-state index contributed by atoms with van der Waals surface area (Å²) in [6.07, 6.45) is -1.08. The normalized spacial score (nSPS) is 11.5. The van der Waals surface area contributed by atoms with Crippen molar-refractivity contribution in [2.24, 2.45) is 5.11 Å². The van der Waals surface area contributed by atoms with E-state index in [4.69, 9.17) is 10.6 Å². The van der Waals surface area contributed by atoms with Crippen LogP contribution in [0.5, 0.6) is 0 Å². The van der Waals surface area contributed by atoms with Crippen molar-refractivity contribution in [2.45, 2.75) is 19.4 Å². The minimum absolute atomic E-state index is 0.102. The molecule has 0 aromatic carbocycles. The van der Waals surface area contributed by atoms with E-state index in [0.717, 1.165) is 0 Å². The van der Waals surface area contributed by atoms with E-state index in [-0.39, 0.29) is 19.6 Å². The van der Waals surface area contributed by atoms with E-state index >= 15 is 0 Å². The monoisotopic (exact) mass is 173 g/mol. The first-order valence-corrected chi connectivity index (χ1v) is 3.55. The van der Waals surface area contributed by atoms with Crippen molar-refractivity contribution in [3.05, 3.63) is 10.4 Å². The van der Waals surface area contributed by atoms with Crippen molar-refractivity contribution < 1.29 is 14.6 Å². The molecule has 68 valence electrons. The zero-order valence-electron chi connectivity index (χ0n) is 6.80. The lowest BCUT2D eigenvalue weighted by molar-refractivity contribution is -0.145. The molecule has 0 heterocycles. The number of ether oxygens (including phenoxy) is 1. The molecule has 0 aliphatic heterocycles. The van der Waals surface area contributed by atoms with Gasteiger partial charge >= 0.3 is 5.97 Å². The SMILES string of the molecule is CCOC(=O)C[C@H](O)CN=[N+]=[N-]. The van der Waals surface area contributed by atoms with Gasteiger partial charge in [-0.2, -0.15) is 0 Å². The lowest BCUT2D eigenvalue weighted by Crippen LogP contribution is -2.18. The van der Waals surface area contributed by atoms with Crippen LogP contribution in [0.4, 0.5) is 0 Å². The van der Waals surface area contributed by atoms with E-state index in [1.165, 1.54) is 0 Å². The quantitative estimate of drug-likeness (QED) is 0.285. The van der Waals surface area contributed by atoms with Crippen LogP contribution in [0.25, 0.3) is 10.4 Å². The smallest absolute Gasteiger partial charge is 0.308 e. The predicted octanol–water partition coefficient (Wildman–Crippen LogP) is 0.611. The average Bonchev–Trinajstić information content (AvgIpc) is 2.01. The zero-order valence-corrected chi connectivity index (χ0v) is 6.80. The number of esters is 1. The molecule has 0 saturated heterocycles. The summed E-state index contributed by atoms with van der Waals surface area (Å²) in [4.78, 5) is 13.1. The van der Waals surface area contributed by atoms with Crippen molar-refractivity contribution in [1.82, 2.24) is 0 Å². The first kappa shape index (κ1) is 10.7. The first-order valence-electron chi connectivity index (χ1n) is 3.55. The lowest BCUT2D eigenvalue weighted by atomic mass is 10.2. The van der Waals surface area contributed by atoms with Gasteiger partial charge in [0.15, 0.2) is 0 Å². The van der Waals surface area contributed by atoms with E-state index in [0.29, 0.717) is 0 Å². The van der Waals surface area contributed by atoms with Crippen LogP contribution in [-0.2, 0) is 9.53 Å². The van der Waals surface area contributed by atoms with Gasteiger partial charge in [0.05, 0.1) is 25.7 Å². The summed E-state index contributed by atoms with van der Waals surface area (Å²) < 4.78 is 4.56. The molecule has 0 saturated carbocycles. The Morgan fingerprint density at radius 2 is 2.50 bits per heavy atom. The number of nitrogens with zero attached hydrogens (tertiary/aromatic N) is 3. The molecule has 6 nitrogen and oxygen atoms in total. The maximum Gasteiger partial charge on any atom is 0.308 e. The van der Waals surface area contributed by atoms with E-state index < -0.39 is 12.1 Å². The molecule has 0 unspecified atom stereocenters. The van der Waals surface area contributed by atoms with Gasteiger partial charge in [-0.3, -0.25) is 4.79 Å². The van der Waals surface area contributed by atoms with Crippen LogP contribution in [0.15, 0.2) is 5.11 Å². The van der Waals surface area contributed by atoms with E-state index in [2.05, 4.69) is 14.8 Å². The molecule has 0 aromatic rings. The van der Waals surface area contributed by atoms with Crippen molar-refractivity contribution in [3.63, 3.8) is 0 Å². The summed E-state index contributed by atoms with van der Waals surface area (Å²) in [5, 5.41) is 12.1. The molecule has 0 radical (unpaired) electrons. The van der Waals surface area contributed by atoms with Gasteiger partial charge in [-0.05, 0) is 12.5 Å². The number of rotatable bonds is 5. The number of azide groups is 1. The Labute approximate surface area is 69.8 Å². The van der Waals surface area contributed by atoms with Crippen molar-refractivity contribution in [3.8, 4) is 0 Å². The van der Waals surface area contributed by atoms with Gasteiger partial charge in [-0.1, -0.05) is 5.11 Å². The molecule has 1 N–H and O–H groups in total. The number of aliphatic hydroxyl groups is 1. The summed E-state index contributed by atoms with van der Waals surface area (Å²) in [5.74, 6) is -0.488. The fourth-order valence-corrected chi connectivity index (χ4v) is 0.608. The van der Waals surface area contributed by atoms with E-state index in [1.807, 2.05) is 0 Å². The predicted molar refractivity (Wildman–Crippen MR) is 41.3 cm³/mol. The number of hydrogen-bond donors (Lipinski definition) is 1. The lowest BCUT2D eigenvalue weighted by Gasteiger charge is -2.05. The molecule has 0 aliphatic carbocycles. The van der Waals surface area contributed by atoms with Gasteiger partial charge in [0.25, 0.3) is 0 Å². The maximum atomic E-state index is 10.7. The minimum atomic E-state index is -0.944. The maximum absolute atomic E-state index is 10.7. The molecular weight excluding hydrogens is 162 g/mol. The summed E-state index contributed by atoms with van der Waals surface area (Å²) in [5.41, 5.74) is 7.88. The fraction of sp³-hybridized carbons (Fsp3) is 0.833. The standard InChI is InChI=1S/C6H11N3O3/c1-2-12-6(11)3-5(10)4-8-9-7/h5,10H,2-4H2,1H3/t5-/m0/s1. The van der Waals surface area contributed by atoms with E-state index in [9.17, 15) is 4.79 Å². The summed E-state index contributed by atoms with van der Waals surface area (Å²) in [7, 11) is 0. The number of carbonyl (C=O) groups excluding carboxylic acids is 1. The van der Waals surface area contributed by atoms with Gasteiger partial charge in [0.2, 0.25) is 0 Å². The van der Waals surface area contributed by atoms with Gasteiger partial charge in [-0.15, -0.1) is 0 Å². The summed E-state index contributed by atoms with van der Waals surface area (Å²) in [6, 6.07) is 0. The van der Waals surface area contributed by atoms with Crippen LogP contribution < -0.4 is 0 Å². The van der Waals surface area contributed by atoms with Crippen molar-refractivity contribution in [1.29, 1.82) is 0 Å². The molecule has 0 rings (SSSR count). The minimum Gasteiger partial charge on any atom is -0.466 e. The molecular formula is C6H11N3O3. The summed E-state index contributed by atoms with van der Waals surface area (Å²) >= 11 is 0. The van der Waals surface area contributed by atoms with Crippen LogP contribution in [0, 0.1) is 0 Å². The Morgan fingerprint density at radius 1 is 1.83 bits per heavy atom. The molecule has 0 aromatic heterocycles. The zero-order chi connectivity index (χ0) is 9.40. The van der Waals surface area contributed by atoms with Crippen LogP contribution in [-0.4, -0.2) is 30.3 Å². The Bertz CT molecular complexity index is 188. The summed E-state index contributed by atoms with van der Waals surface area (Å²) in [6.45, 7) is 1.86. The second-order valence-electron chi connectivity index (χ2n) is 2.08. The van der Waals surface area contributed by atoms with Crippen LogP contribution >= 0.6 is 0 Å². The molecule has 0 aliphatic rings. The van der Waals surface area contributed by atoms with Crippen LogP contribution in [0.1, 0.15) is 13.3 Å². The number of hydrogen-bond acceptors (Lipinski definition) is 4. The van der Waals surface area contributed by atoms with Gasteiger partial charge in [0.1, 0.15) is 0 Å². The van der Waals surface area contributed by atoms with Crippen LogP contribution in [0.2, 0.25) is 0 Å². The second-order valence-corrected chi connectivity index (χ2v) is 2.08. The highest BCUT2D eigenvalue weighted by molar-refractivity contribution is 5.69. The number of aliphatic hydroxyl groups excluding tert-OH is 1. The molecule has 6 heteroatoms. The van der Waals surface area contributed by atoms with Gasteiger partial charge in [-0.25, -0.2) is 0 Å². The van der Waals surface area contributed by atoms with Gasteiger partial charge in [0, 0.05) is 4.91 Å². The fourth-order valence-electron chi connectivity index (χ4n) is 0.608. The van der Waals surface area contributed by atoms with Crippen LogP contribution in [0.3, 0.4) is 0 Å². The third kappa shape index (κ3) is 5.52. The molecule has 0 bridgehead atoms. The average molecular weight is 173 g/mol. The molecule has 0 amide bonds. The Morgan fingerprint density at radius 3 is 3.00 bits per heavy atom. The Kier molecular flexibility index (Phi) is 5.77. The molecule has 0 spiro atoms. The molecule has 1 atom stereocenters. The second kappa shape index (κ2) is 6.45. The highest BCUT2D eigenvalue weighted by Crippen LogP contribution is 1.95. The van der Waals surface area contributed by atoms with Crippen molar-refractivity contribution in [2.75, 3.05) is 13.2 Å². The highest BCUT2D eigenvalue weighted by atomic mass is 16.5. The van der Waals surface area contributed by atoms with Gasteiger partial charge < -0.3 is 9.84 Å². The molecule has 0 fully saturated rings. The Hall–Kier alpha value is -1.26. The number of carbonyl (C=O) groups is 1. The van der Waals surface area contributed by atoms with Crippen molar-refractivity contribution >= 4 is 5.97 Å². The first-order chi connectivity index (χ1) is 5.70. The third-order valence-electron chi connectivity index (χ3n) is 1.06. The largest absolute Gasteiger partial charge is 0.466 e. The molecule has 12 heavy (non-hydrogen) atoms. The highest BCUT2D eigenvalue weighted by Gasteiger charge is 2.09.